The maximum absolute atomic E-state index is 5.79. The molecule has 0 fully saturated rings. The number of hydrogen-bond donors (Lipinski definition) is 1. The van der Waals surface area contributed by atoms with Gasteiger partial charge in [0.2, 0.25) is 0 Å². The van der Waals surface area contributed by atoms with Gasteiger partial charge in [-0.05, 0) is 12.0 Å². The molecule has 0 aliphatic heterocycles. The van der Waals surface area contributed by atoms with Crippen LogP contribution in [0.5, 0.6) is 0 Å². The van der Waals surface area contributed by atoms with Crippen LogP contribution in [0.1, 0.15) is 26.4 Å². The van der Waals surface area contributed by atoms with E-state index in [0.29, 0.717) is 0 Å². The first-order chi connectivity index (χ1) is 4.84. The second-order valence-electron chi connectivity index (χ2n) is 2.43. The maximum Gasteiger partial charge on any atom is 1.00 e. The van der Waals surface area contributed by atoms with Crippen LogP contribution in [0.15, 0.2) is 30.3 Å². The minimum atomic E-state index is 0. The SMILES string of the molecule is CCC(N)c1ccccc1.[H-].[Li+]. The Kier molecular flexibility index (Phi) is 5.32. The summed E-state index contributed by atoms with van der Waals surface area (Å²) >= 11 is 0. The zero-order valence-corrected chi connectivity index (χ0v) is 7.25. The number of hydrogen-bond acceptors (Lipinski definition) is 1. The monoisotopic (exact) mass is 143 g/mol. The van der Waals surface area contributed by atoms with Gasteiger partial charge in [0.1, 0.15) is 0 Å². The Morgan fingerprint density at radius 2 is 1.91 bits per heavy atom. The Hall–Kier alpha value is -0.223. The van der Waals surface area contributed by atoms with E-state index < -0.39 is 0 Å². The molecule has 0 saturated carbocycles. The summed E-state index contributed by atoms with van der Waals surface area (Å²) in [6, 6.07) is 10.4. The minimum Gasteiger partial charge on any atom is -1.00 e. The molecule has 0 aliphatic carbocycles. The molecular formula is C9H14LiN. The van der Waals surface area contributed by atoms with E-state index in [9.17, 15) is 0 Å². The molecule has 0 amide bonds. The maximum atomic E-state index is 5.79. The van der Waals surface area contributed by atoms with Crippen LogP contribution in [0.2, 0.25) is 0 Å². The van der Waals surface area contributed by atoms with Crippen LogP contribution in [0, 0.1) is 0 Å². The third kappa shape index (κ3) is 3.12. The third-order valence-corrected chi connectivity index (χ3v) is 1.67. The van der Waals surface area contributed by atoms with Crippen molar-refractivity contribution in [2.75, 3.05) is 0 Å². The van der Waals surface area contributed by atoms with Crippen molar-refractivity contribution in [1.29, 1.82) is 0 Å². The van der Waals surface area contributed by atoms with Crippen LogP contribution >= 0.6 is 0 Å². The Morgan fingerprint density at radius 3 is 2.36 bits per heavy atom. The molecule has 0 aliphatic rings. The first-order valence-corrected chi connectivity index (χ1v) is 3.65. The summed E-state index contributed by atoms with van der Waals surface area (Å²) in [5.74, 6) is 0. The second-order valence-corrected chi connectivity index (χ2v) is 2.43. The smallest absolute Gasteiger partial charge is 1.00 e. The van der Waals surface area contributed by atoms with E-state index in [4.69, 9.17) is 5.73 Å². The average Bonchev–Trinajstić information content (AvgIpc) is 2.05. The predicted molar refractivity (Wildman–Crippen MR) is 44.8 cm³/mol. The van der Waals surface area contributed by atoms with E-state index in [2.05, 4.69) is 19.1 Å². The summed E-state index contributed by atoms with van der Waals surface area (Å²) < 4.78 is 0. The van der Waals surface area contributed by atoms with E-state index in [0.717, 1.165) is 6.42 Å². The van der Waals surface area contributed by atoms with Gasteiger partial charge in [0, 0.05) is 6.04 Å². The van der Waals surface area contributed by atoms with Crippen LogP contribution < -0.4 is 24.6 Å². The quantitative estimate of drug-likeness (QED) is 0.540. The van der Waals surface area contributed by atoms with E-state index in [1.54, 1.807) is 0 Å². The van der Waals surface area contributed by atoms with Crippen molar-refractivity contribution < 1.29 is 20.3 Å². The summed E-state index contributed by atoms with van der Waals surface area (Å²) in [6.07, 6.45) is 1.00. The molecule has 0 spiro atoms. The molecule has 1 unspecified atom stereocenters. The Labute approximate surface area is 81.6 Å². The van der Waals surface area contributed by atoms with E-state index in [1.807, 2.05) is 18.2 Å². The van der Waals surface area contributed by atoms with Gasteiger partial charge < -0.3 is 7.16 Å². The molecule has 0 radical (unpaired) electrons. The van der Waals surface area contributed by atoms with E-state index in [1.165, 1.54) is 5.56 Å². The molecule has 2 heteroatoms. The van der Waals surface area contributed by atoms with Crippen LogP contribution in [0.3, 0.4) is 0 Å². The Balaban J connectivity index is 0. The first kappa shape index (κ1) is 10.8. The molecule has 2 N–H and O–H groups in total. The second kappa shape index (κ2) is 5.43. The zero-order valence-electron chi connectivity index (χ0n) is 8.25. The predicted octanol–water partition coefficient (Wildman–Crippen LogP) is -0.787. The van der Waals surface area contributed by atoms with Crippen molar-refractivity contribution in [2.45, 2.75) is 19.4 Å². The van der Waals surface area contributed by atoms with Gasteiger partial charge in [0.15, 0.2) is 0 Å². The largest absolute Gasteiger partial charge is 1.00 e. The molecular weight excluding hydrogens is 129 g/mol. The minimum absolute atomic E-state index is 0. The van der Waals surface area contributed by atoms with Crippen molar-refractivity contribution in [3.05, 3.63) is 35.9 Å². The molecule has 56 valence electrons. The number of benzene rings is 1. The van der Waals surface area contributed by atoms with Crippen molar-refractivity contribution in [3.8, 4) is 0 Å². The van der Waals surface area contributed by atoms with Crippen molar-refractivity contribution >= 4 is 0 Å². The molecule has 11 heavy (non-hydrogen) atoms. The van der Waals surface area contributed by atoms with E-state index >= 15 is 0 Å². The third-order valence-electron chi connectivity index (χ3n) is 1.67. The number of nitrogens with two attached hydrogens (primary N) is 1. The molecule has 1 atom stereocenters. The Morgan fingerprint density at radius 1 is 1.36 bits per heavy atom. The zero-order chi connectivity index (χ0) is 7.40. The topological polar surface area (TPSA) is 26.0 Å². The van der Waals surface area contributed by atoms with Crippen molar-refractivity contribution in [1.82, 2.24) is 0 Å². The molecule has 0 aromatic heterocycles. The van der Waals surface area contributed by atoms with E-state index in [-0.39, 0.29) is 26.3 Å². The average molecular weight is 143 g/mol. The summed E-state index contributed by atoms with van der Waals surface area (Å²) in [6.45, 7) is 2.09. The van der Waals surface area contributed by atoms with Gasteiger partial charge in [-0.2, -0.15) is 0 Å². The van der Waals surface area contributed by atoms with Crippen LogP contribution in [-0.4, -0.2) is 0 Å². The van der Waals surface area contributed by atoms with Gasteiger partial charge in [-0.1, -0.05) is 37.3 Å². The number of rotatable bonds is 2. The normalized spacial score (nSPS) is 11.8. The molecule has 0 saturated heterocycles. The standard InChI is InChI=1S/C9H13N.Li.H/c1-2-9(10)8-6-4-3-5-7-8;;/h3-7,9H,2,10H2,1H3;;/q;+1;-1. The van der Waals surface area contributed by atoms with Crippen LogP contribution in [0.25, 0.3) is 0 Å². The fourth-order valence-corrected chi connectivity index (χ4v) is 0.936. The molecule has 1 rings (SSSR count). The summed E-state index contributed by atoms with van der Waals surface area (Å²) in [5, 5.41) is 0. The molecule has 0 heterocycles. The van der Waals surface area contributed by atoms with Gasteiger partial charge in [0.05, 0.1) is 0 Å². The van der Waals surface area contributed by atoms with Crippen LogP contribution in [-0.2, 0) is 0 Å². The summed E-state index contributed by atoms with van der Waals surface area (Å²) in [4.78, 5) is 0. The fraction of sp³-hybridized carbons (Fsp3) is 0.333. The summed E-state index contributed by atoms with van der Waals surface area (Å²) in [7, 11) is 0. The Bertz CT molecular complexity index is 191. The molecule has 1 aromatic carbocycles. The summed E-state index contributed by atoms with van der Waals surface area (Å²) in [5.41, 5.74) is 7.02. The van der Waals surface area contributed by atoms with Crippen molar-refractivity contribution in [2.24, 2.45) is 5.73 Å². The first-order valence-electron chi connectivity index (χ1n) is 3.65. The molecule has 1 aromatic rings. The van der Waals surface area contributed by atoms with Gasteiger partial charge in [-0.25, -0.2) is 0 Å². The molecule has 1 nitrogen and oxygen atoms in total. The van der Waals surface area contributed by atoms with Gasteiger partial charge in [0.25, 0.3) is 0 Å². The van der Waals surface area contributed by atoms with Gasteiger partial charge in [-0.3, -0.25) is 0 Å². The van der Waals surface area contributed by atoms with Crippen LogP contribution in [0.4, 0.5) is 0 Å². The van der Waals surface area contributed by atoms with Crippen molar-refractivity contribution in [3.63, 3.8) is 0 Å². The fourth-order valence-electron chi connectivity index (χ4n) is 0.936. The van der Waals surface area contributed by atoms with Gasteiger partial charge in [-0.15, -0.1) is 0 Å². The van der Waals surface area contributed by atoms with Gasteiger partial charge >= 0.3 is 18.9 Å². The molecule has 0 bridgehead atoms.